The number of aliphatic hydroxyl groups is 1. The SMILES string of the molecule is N#Cc1ccccc1-c1ccccc1C(=O)NCC(O)c1ccc2ccccc2c1. The zero-order chi connectivity index (χ0) is 20.9. The monoisotopic (exact) mass is 392 g/mol. The Morgan fingerprint density at radius 2 is 1.53 bits per heavy atom. The average Bonchev–Trinajstić information content (AvgIpc) is 2.82. The van der Waals surface area contributed by atoms with E-state index in [1.165, 1.54) is 0 Å². The normalized spacial score (nSPS) is 11.6. The van der Waals surface area contributed by atoms with Crippen LogP contribution >= 0.6 is 0 Å². The summed E-state index contributed by atoms with van der Waals surface area (Å²) < 4.78 is 0. The number of nitrogens with zero attached hydrogens (tertiary/aromatic N) is 1. The highest BCUT2D eigenvalue weighted by Gasteiger charge is 2.16. The van der Waals surface area contributed by atoms with Crippen molar-refractivity contribution in [2.75, 3.05) is 6.54 Å². The summed E-state index contributed by atoms with van der Waals surface area (Å²) in [4.78, 5) is 12.9. The van der Waals surface area contributed by atoms with Crippen molar-refractivity contribution in [3.8, 4) is 17.2 Å². The molecule has 0 aromatic heterocycles. The molecule has 4 rings (SSSR count). The van der Waals surface area contributed by atoms with Crippen LogP contribution in [-0.4, -0.2) is 17.6 Å². The number of carbonyl (C=O) groups excluding carboxylic acids is 1. The number of benzene rings is 4. The standard InChI is InChI=1S/C26H20N2O2/c27-16-21-9-3-4-10-22(21)23-11-5-6-12-24(23)26(30)28-17-25(29)20-14-13-18-7-1-2-8-19(18)15-20/h1-15,25,29H,17H2,(H,28,30). The van der Waals surface area contributed by atoms with Gasteiger partial charge >= 0.3 is 0 Å². The van der Waals surface area contributed by atoms with Crippen LogP contribution in [0.5, 0.6) is 0 Å². The lowest BCUT2D eigenvalue weighted by atomic mass is 9.95. The fraction of sp³-hybridized carbons (Fsp3) is 0.0769. The summed E-state index contributed by atoms with van der Waals surface area (Å²) >= 11 is 0. The lowest BCUT2D eigenvalue weighted by molar-refractivity contribution is 0.0917. The molecular formula is C26H20N2O2. The second-order valence-corrected chi connectivity index (χ2v) is 7.04. The van der Waals surface area contributed by atoms with Crippen LogP contribution in [0, 0.1) is 11.3 Å². The van der Waals surface area contributed by atoms with E-state index >= 15 is 0 Å². The first-order chi connectivity index (χ1) is 14.7. The number of fused-ring (bicyclic) bond motifs is 1. The molecule has 1 atom stereocenters. The van der Waals surface area contributed by atoms with Gasteiger partial charge in [0, 0.05) is 17.7 Å². The van der Waals surface area contributed by atoms with Gasteiger partial charge in [0.05, 0.1) is 17.7 Å². The number of aliphatic hydroxyl groups excluding tert-OH is 1. The molecule has 4 aromatic carbocycles. The Hall–Kier alpha value is -3.94. The fourth-order valence-corrected chi connectivity index (χ4v) is 3.55. The number of amides is 1. The molecule has 0 aliphatic carbocycles. The highest BCUT2D eigenvalue weighted by Crippen LogP contribution is 2.27. The summed E-state index contributed by atoms with van der Waals surface area (Å²) in [5.74, 6) is -0.293. The van der Waals surface area contributed by atoms with E-state index in [0.29, 0.717) is 22.3 Å². The Morgan fingerprint density at radius 3 is 2.33 bits per heavy atom. The fourth-order valence-electron chi connectivity index (χ4n) is 3.55. The molecule has 1 unspecified atom stereocenters. The van der Waals surface area contributed by atoms with E-state index in [1.54, 1.807) is 24.3 Å². The van der Waals surface area contributed by atoms with Gasteiger partial charge in [-0.2, -0.15) is 5.26 Å². The molecule has 146 valence electrons. The minimum absolute atomic E-state index is 0.0887. The minimum Gasteiger partial charge on any atom is -0.387 e. The van der Waals surface area contributed by atoms with E-state index in [0.717, 1.165) is 16.3 Å². The number of carbonyl (C=O) groups is 1. The van der Waals surface area contributed by atoms with Gasteiger partial charge in [-0.3, -0.25) is 4.79 Å². The molecule has 0 radical (unpaired) electrons. The van der Waals surface area contributed by atoms with Crippen molar-refractivity contribution in [1.82, 2.24) is 5.32 Å². The van der Waals surface area contributed by atoms with Gasteiger partial charge in [-0.25, -0.2) is 0 Å². The summed E-state index contributed by atoms with van der Waals surface area (Å²) in [6.45, 7) is 0.0887. The molecule has 2 N–H and O–H groups in total. The summed E-state index contributed by atoms with van der Waals surface area (Å²) in [5.41, 5.74) is 3.12. The minimum atomic E-state index is -0.822. The largest absolute Gasteiger partial charge is 0.387 e. The number of nitrogens with one attached hydrogen (secondary N) is 1. The van der Waals surface area contributed by atoms with Crippen LogP contribution in [0.1, 0.15) is 27.6 Å². The average molecular weight is 392 g/mol. The molecule has 4 nitrogen and oxygen atoms in total. The van der Waals surface area contributed by atoms with Crippen molar-refractivity contribution < 1.29 is 9.90 Å². The topological polar surface area (TPSA) is 73.1 Å². The molecule has 0 saturated carbocycles. The molecule has 4 aromatic rings. The Kier molecular flexibility index (Phi) is 5.56. The van der Waals surface area contributed by atoms with E-state index in [-0.39, 0.29) is 12.5 Å². The van der Waals surface area contributed by atoms with E-state index in [1.807, 2.05) is 66.7 Å². The third-order valence-electron chi connectivity index (χ3n) is 5.12. The van der Waals surface area contributed by atoms with Gasteiger partial charge in [-0.05, 0) is 40.1 Å². The lowest BCUT2D eigenvalue weighted by Gasteiger charge is -2.15. The number of nitriles is 1. The number of hydrogen-bond acceptors (Lipinski definition) is 3. The summed E-state index contributed by atoms with van der Waals surface area (Å²) in [6.07, 6.45) is -0.822. The molecule has 1 amide bonds. The van der Waals surface area contributed by atoms with Crippen LogP contribution in [-0.2, 0) is 0 Å². The molecule has 0 bridgehead atoms. The summed E-state index contributed by atoms with van der Waals surface area (Å²) in [7, 11) is 0. The lowest BCUT2D eigenvalue weighted by Crippen LogP contribution is -2.28. The van der Waals surface area contributed by atoms with Gasteiger partial charge < -0.3 is 10.4 Å². The van der Waals surface area contributed by atoms with Gasteiger partial charge in [-0.15, -0.1) is 0 Å². The highest BCUT2D eigenvalue weighted by atomic mass is 16.3. The van der Waals surface area contributed by atoms with Crippen molar-refractivity contribution in [3.05, 3.63) is 108 Å². The van der Waals surface area contributed by atoms with Gasteiger partial charge in [0.25, 0.3) is 5.91 Å². The van der Waals surface area contributed by atoms with Crippen molar-refractivity contribution in [2.45, 2.75) is 6.10 Å². The zero-order valence-corrected chi connectivity index (χ0v) is 16.2. The quantitative estimate of drug-likeness (QED) is 0.510. The van der Waals surface area contributed by atoms with E-state index in [9.17, 15) is 15.2 Å². The van der Waals surface area contributed by atoms with E-state index in [4.69, 9.17) is 0 Å². The van der Waals surface area contributed by atoms with Gasteiger partial charge in [0.2, 0.25) is 0 Å². The molecule has 0 aliphatic heterocycles. The smallest absolute Gasteiger partial charge is 0.252 e. The molecule has 0 spiro atoms. The van der Waals surface area contributed by atoms with Crippen LogP contribution in [0.25, 0.3) is 21.9 Å². The van der Waals surface area contributed by atoms with E-state index < -0.39 is 6.10 Å². The Morgan fingerprint density at radius 1 is 0.867 bits per heavy atom. The first-order valence-corrected chi connectivity index (χ1v) is 9.71. The van der Waals surface area contributed by atoms with Crippen LogP contribution in [0.2, 0.25) is 0 Å². The molecule has 0 heterocycles. The molecule has 30 heavy (non-hydrogen) atoms. The predicted molar refractivity (Wildman–Crippen MR) is 118 cm³/mol. The molecule has 0 saturated heterocycles. The highest BCUT2D eigenvalue weighted by molar-refractivity contribution is 6.01. The van der Waals surface area contributed by atoms with E-state index in [2.05, 4.69) is 11.4 Å². The Labute approximate surface area is 175 Å². The van der Waals surface area contributed by atoms with Gasteiger partial charge in [-0.1, -0.05) is 72.8 Å². The first-order valence-electron chi connectivity index (χ1n) is 9.71. The molecule has 0 fully saturated rings. The second kappa shape index (κ2) is 8.60. The van der Waals surface area contributed by atoms with Crippen LogP contribution in [0.15, 0.2) is 91.0 Å². The molecule has 0 aliphatic rings. The third-order valence-corrected chi connectivity index (χ3v) is 5.12. The third kappa shape index (κ3) is 3.93. The first kappa shape index (κ1) is 19.4. The Balaban J connectivity index is 1.54. The maximum absolute atomic E-state index is 12.9. The zero-order valence-electron chi connectivity index (χ0n) is 16.2. The van der Waals surface area contributed by atoms with Crippen molar-refractivity contribution >= 4 is 16.7 Å². The maximum atomic E-state index is 12.9. The summed E-state index contributed by atoms with van der Waals surface area (Å²) in [5, 5.41) is 25.0. The molecular weight excluding hydrogens is 372 g/mol. The van der Waals surface area contributed by atoms with Crippen molar-refractivity contribution in [1.29, 1.82) is 5.26 Å². The second-order valence-electron chi connectivity index (χ2n) is 7.04. The number of hydrogen-bond donors (Lipinski definition) is 2. The number of rotatable bonds is 5. The van der Waals surface area contributed by atoms with Crippen LogP contribution in [0.3, 0.4) is 0 Å². The van der Waals surface area contributed by atoms with Crippen molar-refractivity contribution in [3.63, 3.8) is 0 Å². The predicted octanol–water partition coefficient (Wildman–Crippen LogP) is 4.84. The maximum Gasteiger partial charge on any atom is 0.252 e. The van der Waals surface area contributed by atoms with Crippen LogP contribution in [0.4, 0.5) is 0 Å². The van der Waals surface area contributed by atoms with Gasteiger partial charge in [0.15, 0.2) is 0 Å². The Bertz CT molecular complexity index is 1260. The van der Waals surface area contributed by atoms with Crippen molar-refractivity contribution in [2.24, 2.45) is 0 Å². The molecule has 4 heteroatoms. The summed E-state index contributed by atoms with van der Waals surface area (Å²) in [6, 6.07) is 30.2. The van der Waals surface area contributed by atoms with Gasteiger partial charge in [0.1, 0.15) is 0 Å². The van der Waals surface area contributed by atoms with Crippen LogP contribution < -0.4 is 5.32 Å².